The lowest BCUT2D eigenvalue weighted by Gasteiger charge is -2.36. The molecule has 0 amide bonds. The van der Waals surface area contributed by atoms with Crippen LogP contribution in [0.1, 0.15) is 53.4 Å². The molecule has 0 spiro atoms. The fourth-order valence-corrected chi connectivity index (χ4v) is 4.20. The van der Waals surface area contributed by atoms with Crippen molar-refractivity contribution in [2.75, 3.05) is 6.61 Å². The first-order chi connectivity index (χ1) is 9.56. The van der Waals surface area contributed by atoms with Crippen molar-refractivity contribution < 1.29 is 9.53 Å². The number of fused-ring (bicyclic) bond motifs is 1. The normalized spacial score (nSPS) is 32.2. The molecule has 2 aliphatic rings. The van der Waals surface area contributed by atoms with Gasteiger partial charge in [-0.15, -0.1) is 0 Å². The zero-order valence-corrected chi connectivity index (χ0v) is 15.6. The van der Waals surface area contributed by atoms with E-state index in [-0.39, 0.29) is 16.6 Å². The van der Waals surface area contributed by atoms with Crippen molar-refractivity contribution in [3.05, 3.63) is 23.3 Å². The molecule has 0 aromatic rings. The first-order valence-corrected chi connectivity index (χ1v) is 11.2. The highest BCUT2D eigenvalue weighted by molar-refractivity contribution is 6.74. The molecule has 3 heteroatoms. The standard InChI is InChI=1S/C18H32O2Si/c1-17(2,3)21(5,6)20-12-10-14-7-8-15-13-16(19)9-11-18(14,15)4/h10,13,16,19H,7-9,11-12H2,1-6H3/b14-10+/t16-,18-/m0/s1. The Hall–Kier alpha value is -0.383. The summed E-state index contributed by atoms with van der Waals surface area (Å²) in [5, 5.41) is 10.1. The average Bonchev–Trinajstić information content (AvgIpc) is 2.66. The van der Waals surface area contributed by atoms with Gasteiger partial charge in [-0.3, -0.25) is 0 Å². The monoisotopic (exact) mass is 308 g/mol. The van der Waals surface area contributed by atoms with Crippen LogP contribution in [0, 0.1) is 5.41 Å². The second-order valence-corrected chi connectivity index (χ2v) is 13.2. The topological polar surface area (TPSA) is 29.5 Å². The minimum Gasteiger partial charge on any atom is -0.413 e. The van der Waals surface area contributed by atoms with E-state index in [2.05, 4.69) is 52.9 Å². The molecule has 2 nitrogen and oxygen atoms in total. The summed E-state index contributed by atoms with van der Waals surface area (Å²) in [6.07, 6.45) is 8.41. The van der Waals surface area contributed by atoms with E-state index >= 15 is 0 Å². The molecule has 0 aromatic heterocycles. The molecule has 0 bridgehead atoms. The molecule has 1 fully saturated rings. The first-order valence-electron chi connectivity index (χ1n) is 8.29. The molecule has 0 aromatic carbocycles. The molecular formula is C18H32O2Si. The number of aliphatic hydroxyl groups is 1. The summed E-state index contributed by atoms with van der Waals surface area (Å²) >= 11 is 0. The summed E-state index contributed by atoms with van der Waals surface area (Å²) < 4.78 is 6.30. The van der Waals surface area contributed by atoms with Gasteiger partial charge in [-0.05, 0) is 43.8 Å². The average molecular weight is 309 g/mol. The molecule has 0 radical (unpaired) electrons. The van der Waals surface area contributed by atoms with Crippen molar-refractivity contribution in [2.45, 2.75) is 77.6 Å². The summed E-state index contributed by atoms with van der Waals surface area (Å²) in [4.78, 5) is 0. The van der Waals surface area contributed by atoms with Gasteiger partial charge >= 0.3 is 0 Å². The van der Waals surface area contributed by atoms with Gasteiger partial charge in [0.15, 0.2) is 8.32 Å². The van der Waals surface area contributed by atoms with E-state index in [0.29, 0.717) is 0 Å². The fraction of sp³-hybridized carbons (Fsp3) is 0.778. The lowest BCUT2D eigenvalue weighted by molar-refractivity contribution is 0.181. The summed E-state index contributed by atoms with van der Waals surface area (Å²) in [7, 11) is -1.65. The third-order valence-corrected chi connectivity index (χ3v) is 10.5. The number of hydrogen-bond acceptors (Lipinski definition) is 2. The van der Waals surface area contributed by atoms with Crippen molar-refractivity contribution >= 4 is 8.32 Å². The van der Waals surface area contributed by atoms with Gasteiger partial charge in [-0.25, -0.2) is 0 Å². The van der Waals surface area contributed by atoms with E-state index in [1.54, 1.807) is 0 Å². The summed E-state index contributed by atoms with van der Waals surface area (Å²) in [5.74, 6) is 0. The molecule has 21 heavy (non-hydrogen) atoms. The van der Waals surface area contributed by atoms with Gasteiger partial charge in [0.25, 0.3) is 0 Å². The second kappa shape index (κ2) is 5.67. The molecule has 2 aliphatic carbocycles. The minimum atomic E-state index is -1.65. The van der Waals surface area contributed by atoms with Crippen LogP contribution in [0.3, 0.4) is 0 Å². The van der Waals surface area contributed by atoms with E-state index in [4.69, 9.17) is 4.43 Å². The van der Waals surface area contributed by atoms with Gasteiger partial charge < -0.3 is 9.53 Å². The lowest BCUT2D eigenvalue weighted by Crippen LogP contribution is -2.40. The molecule has 120 valence electrons. The molecule has 1 saturated carbocycles. The van der Waals surface area contributed by atoms with Crippen LogP contribution in [0.2, 0.25) is 18.1 Å². The Morgan fingerprint density at radius 1 is 1.38 bits per heavy atom. The Kier molecular flexibility index (Phi) is 4.59. The van der Waals surface area contributed by atoms with Crippen LogP contribution in [-0.2, 0) is 4.43 Å². The van der Waals surface area contributed by atoms with Crippen LogP contribution in [0.5, 0.6) is 0 Å². The van der Waals surface area contributed by atoms with Crippen LogP contribution >= 0.6 is 0 Å². The van der Waals surface area contributed by atoms with Crippen molar-refractivity contribution in [2.24, 2.45) is 5.41 Å². The fourth-order valence-electron chi connectivity index (χ4n) is 3.26. The Balaban J connectivity index is 2.05. The van der Waals surface area contributed by atoms with Crippen LogP contribution < -0.4 is 0 Å². The minimum absolute atomic E-state index is 0.190. The van der Waals surface area contributed by atoms with Crippen molar-refractivity contribution in [3.63, 3.8) is 0 Å². The zero-order valence-electron chi connectivity index (χ0n) is 14.6. The van der Waals surface area contributed by atoms with Gasteiger partial charge in [-0.2, -0.15) is 0 Å². The molecular weight excluding hydrogens is 276 g/mol. The molecule has 0 saturated heterocycles. The summed E-state index contributed by atoms with van der Waals surface area (Å²) in [6.45, 7) is 14.6. The van der Waals surface area contributed by atoms with Gasteiger partial charge in [-0.1, -0.05) is 51.0 Å². The largest absolute Gasteiger partial charge is 0.413 e. The third kappa shape index (κ3) is 3.35. The SMILES string of the molecule is CC(C)(C)[Si](C)(C)OC/C=C1\CCC2=C[C@@H](O)CC[C@]21C. The maximum absolute atomic E-state index is 9.81. The molecule has 2 rings (SSSR count). The van der Waals surface area contributed by atoms with Gasteiger partial charge in [0, 0.05) is 5.41 Å². The lowest BCUT2D eigenvalue weighted by atomic mass is 9.73. The molecule has 0 unspecified atom stereocenters. The highest BCUT2D eigenvalue weighted by Crippen LogP contribution is 2.52. The van der Waals surface area contributed by atoms with Gasteiger partial charge in [0.05, 0.1) is 12.7 Å². The number of aliphatic hydroxyl groups excluding tert-OH is 1. The van der Waals surface area contributed by atoms with E-state index < -0.39 is 8.32 Å². The Labute approximate surface area is 131 Å². The summed E-state index contributed by atoms with van der Waals surface area (Å²) in [6, 6.07) is 0. The van der Waals surface area contributed by atoms with Crippen LogP contribution in [0.25, 0.3) is 0 Å². The Bertz CT molecular complexity index is 456. The van der Waals surface area contributed by atoms with Crippen LogP contribution in [-0.4, -0.2) is 26.1 Å². The zero-order chi connectivity index (χ0) is 15.9. The van der Waals surface area contributed by atoms with Gasteiger partial charge in [0.2, 0.25) is 0 Å². The molecule has 0 aliphatic heterocycles. The molecule has 2 atom stereocenters. The van der Waals surface area contributed by atoms with E-state index in [1.165, 1.54) is 11.1 Å². The van der Waals surface area contributed by atoms with Crippen molar-refractivity contribution in [3.8, 4) is 0 Å². The third-order valence-electron chi connectivity index (χ3n) is 5.99. The number of hydrogen-bond donors (Lipinski definition) is 1. The quantitative estimate of drug-likeness (QED) is 0.598. The molecule has 0 heterocycles. The predicted molar refractivity (Wildman–Crippen MR) is 91.9 cm³/mol. The van der Waals surface area contributed by atoms with Crippen molar-refractivity contribution in [1.29, 1.82) is 0 Å². The maximum Gasteiger partial charge on any atom is 0.192 e. The smallest absolute Gasteiger partial charge is 0.192 e. The second-order valence-electron chi connectivity index (χ2n) is 8.43. The highest BCUT2D eigenvalue weighted by Gasteiger charge is 2.41. The first kappa shape index (κ1) is 17.0. The Morgan fingerprint density at radius 3 is 2.67 bits per heavy atom. The van der Waals surface area contributed by atoms with Crippen LogP contribution in [0.4, 0.5) is 0 Å². The van der Waals surface area contributed by atoms with E-state index in [0.717, 1.165) is 32.3 Å². The Morgan fingerprint density at radius 2 is 2.05 bits per heavy atom. The number of allylic oxidation sites excluding steroid dienone is 2. The summed E-state index contributed by atoms with van der Waals surface area (Å²) in [5.41, 5.74) is 3.16. The van der Waals surface area contributed by atoms with Crippen molar-refractivity contribution in [1.82, 2.24) is 0 Å². The van der Waals surface area contributed by atoms with E-state index in [9.17, 15) is 5.11 Å². The number of rotatable bonds is 3. The van der Waals surface area contributed by atoms with Gasteiger partial charge in [0.1, 0.15) is 0 Å². The molecule has 1 N–H and O–H groups in total. The maximum atomic E-state index is 9.81. The highest BCUT2D eigenvalue weighted by atomic mass is 28.4. The van der Waals surface area contributed by atoms with Crippen LogP contribution in [0.15, 0.2) is 23.3 Å². The van der Waals surface area contributed by atoms with E-state index in [1.807, 2.05) is 0 Å². The predicted octanol–water partition coefficient (Wildman–Crippen LogP) is 4.82.